The molecule has 0 aliphatic carbocycles. The van der Waals surface area contributed by atoms with Gasteiger partial charge in [-0.15, -0.1) is 0 Å². The minimum Gasteiger partial charge on any atom is -0.496 e. The van der Waals surface area contributed by atoms with Crippen molar-refractivity contribution in [1.82, 2.24) is 16.0 Å². The molecular formula is C15H22N4O3. The molecule has 1 aromatic rings. The largest absolute Gasteiger partial charge is 0.496 e. The molecule has 1 heterocycles. The summed E-state index contributed by atoms with van der Waals surface area (Å²) in [6.07, 6.45) is 2.01. The Bertz CT molecular complexity index is 542. The van der Waals surface area contributed by atoms with E-state index in [-0.39, 0.29) is 18.0 Å². The molecule has 4 N–H and O–H groups in total. The molecule has 22 heavy (non-hydrogen) atoms. The van der Waals surface area contributed by atoms with Gasteiger partial charge in [0.2, 0.25) is 0 Å². The van der Waals surface area contributed by atoms with Crippen molar-refractivity contribution in [3.8, 4) is 5.75 Å². The molecular weight excluding hydrogens is 284 g/mol. The number of hydrogen-bond donors (Lipinski definition) is 4. The number of ether oxygens (including phenoxy) is 1. The third-order valence-electron chi connectivity index (χ3n) is 3.56. The lowest BCUT2D eigenvalue weighted by molar-refractivity contribution is 0.0960. The Balaban J connectivity index is 2.02. The number of methoxy groups -OCH3 is 1. The summed E-state index contributed by atoms with van der Waals surface area (Å²) in [4.78, 5) is 23.8. The fourth-order valence-electron chi connectivity index (χ4n) is 2.43. The average molecular weight is 306 g/mol. The molecule has 7 nitrogen and oxygen atoms in total. The zero-order valence-electron chi connectivity index (χ0n) is 12.9. The lowest BCUT2D eigenvalue weighted by atomic mass is 10.1. The molecule has 1 aliphatic rings. The van der Waals surface area contributed by atoms with Gasteiger partial charge in [0, 0.05) is 25.3 Å². The first-order chi connectivity index (χ1) is 10.6. The molecule has 0 saturated carbocycles. The average Bonchev–Trinajstić information content (AvgIpc) is 2.54. The Labute approximate surface area is 129 Å². The van der Waals surface area contributed by atoms with Crippen molar-refractivity contribution in [2.45, 2.75) is 18.9 Å². The summed E-state index contributed by atoms with van der Waals surface area (Å²) in [5.74, 6) is 0.194. The number of rotatable bonds is 4. The molecule has 1 aliphatic heterocycles. The van der Waals surface area contributed by atoms with Crippen LogP contribution in [-0.2, 0) is 0 Å². The minimum atomic E-state index is -0.276. The van der Waals surface area contributed by atoms with Crippen molar-refractivity contribution in [1.29, 1.82) is 0 Å². The van der Waals surface area contributed by atoms with Gasteiger partial charge in [-0.3, -0.25) is 4.79 Å². The molecule has 1 fully saturated rings. The van der Waals surface area contributed by atoms with Crippen LogP contribution in [0.15, 0.2) is 18.2 Å². The normalized spacial score (nSPS) is 17.5. The molecule has 3 amide bonds. The summed E-state index contributed by atoms with van der Waals surface area (Å²) < 4.78 is 5.15. The third kappa shape index (κ3) is 4.11. The van der Waals surface area contributed by atoms with Gasteiger partial charge in [0.05, 0.1) is 12.7 Å². The van der Waals surface area contributed by atoms with Gasteiger partial charge in [0.15, 0.2) is 0 Å². The molecule has 0 radical (unpaired) electrons. The van der Waals surface area contributed by atoms with Crippen LogP contribution in [0.2, 0.25) is 0 Å². The Morgan fingerprint density at radius 2 is 2.18 bits per heavy atom. The zero-order chi connectivity index (χ0) is 15.9. The summed E-state index contributed by atoms with van der Waals surface area (Å²) in [5.41, 5.74) is 0.919. The maximum absolute atomic E-state index is 12.0. The highest BCUT2D eigenvalue weighted by molar-refractivity contribution is 5.99. The second-order valence-electron chi connectivity index (χ2n) is 5.14. The van der Waals surface area contributed by atoms with Gasteiger partial charge in [-0.2, -0.15) is 0 Å². The first-order valence-corrected chi connectivity index (χ1v) is 7.32. The highest BCUT2D eigenvalue weighted by Gasteiger charge is 2.16. The molecule has 1 saturated heterocycles. The zero-order valence-corrected chi connectivity index (χ0v) is 12.9. The smallest absolute Gasteiger partial charge is 0.319 e. The van der Waals surface area contributed by atoms with Crippen molar-refractivity contribution in [3.63, 3.8) is 0 Å². The van der Waals surface area contributed by atoms with Crippen LogP contribution >= 0.6 is 0 Å². The fraction of sp³-hybridized carbons (Fsp3) is 0.467. The third-order valence-corrected chi connectivity index (χ3v) is 3.56. The monoisotopic (exact) mass is 306 g/mol. The highest BCUT2D eigenvalue weighted by atomic mass is 16.5. The maximum Gasteiger partial charge on any atom is 0.319 e. The van der Waals surface area contributed by atoms with Crippen LogP contribution in [0, 0.1) is 0 Å². The summed E-state index contributed by atoms with van der Waals surface area (Å²) in [7, 11) is 3.04. The summed E-state index contributed by atoms with van der Waals surface area (Å²) in [6.45, 7) is 1.77. The SMILES string of the molecule is CNC(=O)c1cc(NC(=O)N[C@@H]2CCCNC2)ccc1OC. The summed E-state index contributed by atoms with van der Waals surface area (Å²) in [6, 6.07) is 4.80. The van der Waals surface area contributed by atoms with E-state index in [0.717, 1.165) is 25.9 Å². The van der Waals surface area contributed by atoms with E-state index in [1.165, 1.54) is 7.11 Å². The predicted molar refractivity (Wildman–Crippen MR) is 84.4 cm³/mol. The van der Waals surface area contributed by atoms with Crippen molar-refractivity contribution >= 4 is 17.6 Å². The number of amides is 3. The van der Waals surface area contributed by atoms with Crippen LogP contribution in [-0.4, -0.2) is 45.2 Å². The van der Waals surface area contributed by atoms with Crippen LogP contribution < -0.4 is 26.0 Å². The quantitative estimate of drug-likeness (QED) is 0.666. The van der Waals surface area contributed by atoms with E-state index in [1.54, 1.807) is 25.2 Å². The Morgan fingerprint density at radius 3 is 2.82 bits per heavy atom. The molecule has 0 spiro atoms. The molecule has 1 atom stereocenters. The van der Waals surface area contributed by atoms with Crippen molar-refractivity contribution in [3.05, 3.63) is 23.8 Å². The number of urea groups is 1. The van der Waals surface area contributed by atoms with E-state index in [2.05, 4.69) is 21.3 Å². The lowest BCUT2D eigenvalue weighted by Crippen LogP contribution is -2.47. The van der Waals surface area contributed by atoms with Crippen molar-refractivity contribution in [2.24, 2.45) is 0 Å². The Hall–Kier alpha value is -2.28. The molecule has 1 aromatic carbocycles. The van der Waals surface area contributed by atoms with E-state index in [4.69, 9.17) is 4.74 Å². The second-order valence-corrected chi connectivity index (χ2v) is 5.14. The van der Waals surface area contributed by atoms with Gasteiger partial charge in [-0.25, -0.2) is 4.79 Å². The van der Waals surface area contributed by atoms with Crippen LogP contribution in [0.4, 0.5) is 10.5 Å². The Kier molecular flexibility index (Phi) is 5.60. The number of carbonyl (C=O) groups excluding carboxylic acids is 2. The van der Waals surface area contributed by atoms with Crippen LogP contribution in [0.5, 0.6) is 5.75 Å². The number of carbonyl (C=O) groups is 2. The van der Waals surface area contributed by atoms with Gasteiger partial charge in [0.25, 0.3) is 5.91 Å². The molecule has 0 unspecified atom stereocenters. The number of anilines is 1. The Morgan fingerprint density at radius 1 is 1.36 bits per heavy atom. The van der Waals surface area contributed by atoms with Crippen molar-refractivity contribution in [2.75, 3.05) is 32.6 Å². The highest BCUT2D eigenvalue weighted by Crippen LogP contribution is 2.22. The van der Waals surface area contributed by atoms with E-state index in [0.29, 0.717) is 17.0 Å². The van der Waals surface area contributed by atoms with E-state index < -0.39 is 0 Å². The second kappa shape index (κ2) is 7.65. The van der Waals surface area contributed by atoms with E-state index >= 15 is 0 Å². The minimum absolute atomic E-state index is 0.130. The fourth-order valence-corrected chi connectivity index (χ4v) is 2.43. The van der Waals surface area contributed by atoms with Crippen LogP contribution in [0.1, 0.15) is 23.2 Å². The van der Waals surface area contributed by atoms with E-state index in [1.807, 2.05) is 0 Å². The van der Waals surface area contributed by atoms with E-state index in [9.17, 15) is 9.59 Å². The van der Waals surface area contributed by atoms with Gasteiger partial charge >= 0.3 is 6.03 Å². The molecule has 0 aromatic heterocycles. The topological polar surface area (TPSA) is 91.5 Å². The van der Waals surface area contributed by atoms with Gasteiger partial charge in [-0.05, 0) is 37.6 Å². The van der Waals surface area contributed by atoms with Crippen molar-refractivity contribution < 1.29 is 14.3 Å². The summed E-state index contributed by atoms with van der Waals surface area (Å²) >= 11 is 0. The molecule has 0 bridgehead atoms. The molecule has 2 rings (SSSR count). The first-order valence-electron chi connectivity index (χ1n) is 7.32. The molecule has 120 valence electrons. The maximum atomic E-state index is 12.0. The summed E-state index contributed by atoms with van der Waals surface area (Å²) in [5, 5.41) is 11.4. The van der Waals surface area contributed by atoms with Crippen LogP contribution in [0.25, 0.3) is 0 Å². The number of nitrogens with one attached hydrogen (secondary N) is 4. The molecule has 7 heteroatoms. The van der Waals surface area contributed by atoms with Gasteiger partial charge in [0.1, 0.15) is 5.75 Å². The standard InChI is InChI=1S/C15H22N4O3/c1-16-14(20)12-8-10(5-6-13(12)22-2)18-15(21)19-11-4-3-7-17-9-11/h5-6,8,11,17H,3-4,7,9H2,1-2H3,(H,16,20)(H2,18,19,21)/t11-/m1/s1. The number of benzene rings is 1. The lowest BCUT2D eigenvalue weighted by Gasteiger charge is -2.24. The number of hydrogen-bond acceptors (Lipinski definition) is 4. The van der Waals surface area contributed by atoms with Gasteiger partial charge < -0.3 is 26.0 Å². The van der Waals surface area contributed by atoms with Crippen LogP contribution in [0.3, 0.4) is 0 Å². The number of piperidine rings is 1. The van der Waals surface area contributed by atoms with Gasteiger partial charge in [-0.1, -0.05) is 0 Å². The first kappa shape index (κ1) is 16.1. The predicted octanol–water partition coefficient (Wildman–Crippen LogP) is 0.928.